The van der Waals surface area contributed by atoms with E-state index in [1.54, 1.807) is 17.9 Å². The number of benzene rings is 1. The van der Waals surface area contributed by atoms with Crippen LogP contribution in [-0.4, -0.2) is 29.9 Å². The SMILES string of the molecule is CC(=O)N1CCC(C(=O)OC(C)c2c(F)cccc2Cl)CC1. The normalized spacial score (nSPS) is 17.2. The topological polar surface area (TPSA) is 46.6 Å². The fourth-order valence-corrected chi connectivity index (χ4v) is 2.98. The Hall–Kier alpha value is -1.62. The lowest BCUT2D eigenvalue weighted by atomic mass is 9.97. The molecule has 0 spiro atoms. The molecule has 1 aromatic carbocycles. The van der Waals surface area contributed by atoms with Gasteiger partial charge in [0.1, 0.15) is 11.9 Å². The quantitative estimate of drug-likeness (QED) is 0.800. The molecule has 6 heteroatoms. The van der Waals surface area contributed by atoms with E-state index in [2.05, 4.69) is 0 Å². The first kappa shape index (κ1) is 16.7. The molecule has 1 saturated heterocycles. The van der Waals surface area contributed by atoms with Crippen molar-refractivity contribution in [3.8, 4) is 0 Å². The van der Waals surface area contributed by atoms with Crippen LogP contribution < -0.4 is 0 Å². The number of carbonyl (C=O) groups excluding carboxylic acids is 2. The van der Waals surface area contributed by atoms with E-state index in [1.807, 2.05) is 0 Å². The Morgan fingerprint density at radius 2 is 2.00 bits per heavy atom. The molecular weight excluding hydrogens is 309 g/mol. The average Bonchev–Trinajstić information content (AvgIpc) is 2.47. The van der Waals surface area contributed by atoms with Gasteiger partial charge in [0, 0.05) is 25.6 Å². The van der Waals surface area contributed by atoms with Crippen molar-refractivity contribution in [1.29, 1.82) is 0 Å². The molecule has 2 rings (SSSR count). The number of ether oxygens (including phenoxy) is 1. The average molecular weight is 328 g/mol. The second-order valence-electron chi connectivity index (χ2n) is 5.49. The first-order valence-electron chi connectivity index (χ1n) is 7.30. The van der Waals surface area contributed by atoms with Gasteiger partial charge in [-0.1, -0.05) is 17.7 Å². The van der Waals surface area contributed by atoms with Crippen molar-refractivity contribution >= 4 is 23.5 Å². The van der Waals surface area contributed by atoms with Crippen LogP contribution in [0, 0.1) is 11.7 Å². The van der Waals surface area contributed by atoms with Crippen molar-refractivity contribution in [1.82, 2.24) is 4.90 Å². The second kappa shape index (κ2) is 7.09. The maximum Gasteiger partial charge on any atom is 0.309 e. The Labute approximate surface area is 134 Å². The third-order valence-corrected chi connectivity index (χ3v) is 4.30. The summed E-state index contributed by atoms with van der Waals surface area (Å²) in [6.45, 7) is 4.21. The lowest BCUT2D eigenvalue weighted by Gasteiger charge is -2.30. The predicted octanol–water partition coefficient (Wildman–Crippen LogP) is 3.34. The fourth-order valence-electron chi connectivity index (χ4n) is 2.66. The second-order valence-corrected chi connectivity index (χ2v) is 5.90. The highest BCUT2D eigenvalue weighted by Gasteiger charge is 2.29. The van der Waals surface area contributed by atoms with Crippen molar-refractivity contribution < 1.29 is 18.7 Å². The lowest BCUT2D eigenvalue weighted by molar-refractivity contribution is -0.156. The summed E-state index contributed by atoms with van der Waals surface area (Å²) in [4.78, 5) is 25.2. The molecule has 0 N–H and O–H groups in total. The van der Waals surface area contributed by atoms with Gasteiger partial charge in [-0.2, -0.15) is 0 Å². The number of piperidine rings is 1. The summed E-state index contributed by atoms with van der Waals surface area (Å²) in [5, 5.41) is 0.242. The number of nitrogens with zero attached hydrogens (tertiary/aromatic N) is 1. The Morgan fingerprint density at radius 1 is 1.36 bits per heavy atom. The van der Waals surface area contributed by atoms with Crippen molar-refractivity contribution in [3.63, 3.8) is 0 Å². The zero-order valence-electron chi connectivity index (χ0n) is 12.6. The molecule has 0 radical (unpaired) electrons. The minimum atomic E-state index is -0.743. The van der Waals surface area contributed by atoms with Crippen LogP contribution >= 0.6 is 11.6 Å². The van der Waals surface area contributed by atoms with Crippen LogP contribution in [0.25, 0.3) is 0 Å². The molecule has 0 bridgehead atoms. The molecule has 1 atom stereocenters. The van der Waals surface area contributed by atoms with Gasteiger partial charge < -0.3 is 9.64 Å². The summed E-state index contributed by atoms with van der Waals surface area (Å²) in [5.74, 6) is -1.10. The molecule has 1 heterocycles. The van der Waals surface area contributed by atoms with E-state index in [0.717, 1.165) is 0 Å². The third-order valence-electron chi connectivity index (χ3n) is 3.97. The third kappa shape index (κ3) is 3.77. The van der Waals surface area contributed by atoms with Gasteiger partial charge in [-0.3, -0.25) is 9.59 Å². The Bertz CT molecular complexity index is 550. The first-order valence-corrected chi connectivity index (χ1v) is 7.68. The van der Waals surface area contributed by atoms with Gasteiger partial charge in [0.2, 0.25) is 5.91 Å². The summed E-state index contributed by atoms with van der Waals surface area (Å²) in [6.07, 6.45) is 0.388. The highest BCUT2D eigenvalue weighted by molar-refractivity contribution is 6.31. The molecule has 1 fully saturated rings. The molecule has 0 saturated carbocycles. The minimum absolute atomic E-state index is 0.0123. The van der Waals surface area contributed by atoms with Gasteiger partial charge in [-0.25, -0.2) is 4.39 Å². The van der Waals surface area contributed by atoms with Gasteiger partial charge in [0.25, 0.3) is 0 Å². The van der Waals surface area contributed by atoms with Crippen LogP contribution in [0.4, 0.5) is 4.39 Å². The maximum atomic E-state index is 13.8. The van der Waals surface area contributed by atoms with Crippen LogP contribution in [0.5, 0.6) is 0 Å². The summed E-state index contributed by atoms with van der Waals surface area (Å²) in [7, 11) is 0. The zero-order valence-corrected chi connectivity index (χ0v) is 13.4. The van der Waals surface area contributed by atoms with E-state index in [1.165, 1.54) is 19.1 Å². The molecule has 1 unspecified atom stereocenters. The Morgan fingerprint density at radius 3 is 2.55 bits per heavy atom. The van der Waals surface area contributed by atoms with Crippen LogP contribution in [0.3, 0.4) is 0 Å². The molecule has 1 amide bonds. The van der Waals surface area contributed by atoms with Gasteiger partial charge in [0.05, 0.1) is 10.9 Å². The van der Waals surface area contributed by atoms with Crippen LogP contribution in [0.1, 0.15) is 38.4 Å². The Balaban J connectivity index is 1.96. The van der Waals surface area contributed by atoms with E-state index in [9.17, 15) is 14.0 Å². The highest BCUT2D eigenvalue weighted by atomic mass is 35.5. The minimum Gasteiger partial charge on any atom is -0.457 e. The van der Waals surface area contributed by atoms with Gasteiger partial charge in [-0.05, 0) is 31.9 Å². The van der Waals surface area contributed by atoms with Gasteiger partial charge >= 0.3 is 5.97 Å². The van der Waals surface area contributed by atoms with Crippen LogP contribution in [-0.2, 0) is 14.3 Å². The molecule has 1 aromatic rings. The van der Waals surface area contributed by atoms with Crippen molar-refractivity contribution in [2.75, 3.05) is 13.1 Å². The van der Waals surface area contributed by atoms with E-state index in [4.69, 9.17) is 16.3 Å². The number of esters is 1. The summed E-state index contributed by atoms with van der Waals surface area (Å²) in [6, 6.07) is 4.36. The number of hydrogen-bond donors (Lipinski definition) is 0. The highest BCUT2D eigenvalue weighted by Crippen LogP contribution is 2.30. The molecule has 22 heavy (non-hydrogen) atoms. The largest absolute Gasteiger partial charge is 0.457 e. The molecule has 120 valence electrons. The summed E-state index contributed by atoms with van der Waals surface area (Å²) in [5.41, 5.74) is 0.193. The smallest absolute Gasteiger partial charge is 0.309 e. The summed E-state index contributed by atoms with van der Waals surface area (Å²) < 4.78 is 19.2. The van der Waals surface area contributed by atoms with Crippen molar-refractivity contribution in [3.05, 3.63) is 34.6 Å². The van der Waals surface area contributed by atoms with Crippen LogP contribution in [0.2, 0.25) is 5.02 Å². The zero-order chi connectivity index (χ0) is 16.3. The van der Waals surface area contributed by atoms with Crippen molar-refractivity contribution in [2.24, 2.45) is 5.92 Å². The molecule has 1 aliphatic rings. The number of halogens is 2. The number of likely N-dealkylation sites (tertiary alicyclic amines) is 1. The Kier molecular flexibility index (Phi) is 5.40. The molecule has 1 aliphatic heterocycles. The number of amides is 1. The summed E-state index contributed by atoms with van der Waals surface area (Å²) >= 11 is 5.97. The number of rotatable bonds is 3. The lowest BCUT2D eigenvalue weighted by Crippen LogP contribution is -2.39. The molecule has 0 aromatic heterocycles. The molecule has 0 aliphatic carbocycles. The molecular formula is C16H19ClFNO3. The van der Waals surface area contributed by atoms with Crippen LogP contribution in [0.15, 0.2) is 18.2 Å². The standard InChI is InChI=1S/C16H19ClFNO3/c1-10(15-13(17)4-3-5-14(15)18)22-16(21)12-6-8-19(9-7-12)11(2)20/h3-5,10,12H,6-9H2,1-2H3. The van der Waals surface area contributed by atoms with Gasteiger partial charge in [0.15, 0.2) is 0 Å². The van der Waals surface area contributed by atoms with E-state index < -0.39 is 11.9 Å². The maximum absolute atomic E-state index is 13.8. The number of carbonyl (C=O) groups is 2. The predicted molar refractivity (Wildman–Crippen MR) is 80.9 cm³/mol. The van der Waals surface area contributed by atoms with E-state index in [0.29, 0.717) is 25.9 Å². The monoisotopic (exact) mass is 327 g/mol. The van der Waals surface area contributed by atoms with Crippen molar-refractivity contribution in [2.45, 2.75) is 32.8 Å². The van der Waals surface area contributed by atoms with E-state index in [-0.39, 0.29) is 28.4 Å². The molecule has 4 nitrogen and oxygen atoms in total. The van der Waals surface area contributed by atoms with Gasteiger partial charge in [-0.15, -0.1) is 0 Å². The van der Waals surface area contributed by atoms with E-state index >= 15 is 0 Å². The fraction of sp³-hybridized carbons (Fsp3) is 0.500. The number of hydrogen-bond acceptors (Lipinski definition) is 3. The first-order chi connectivity index (χ1) is 10.4.